The van der Waals surface area contributed by atoms with Crippen LogP contribution >= 0.6 is 43.2 Å². The molecule has 10 heteroatoms. The molecule has 0 aliphatic heterocycles. The second-order valence-electron chi connectivity index (χ2n) is 3.34. The van der Waals surface area contributed by atoms with E-state index >= 15 is 0 Å². The highest BCUT2D eigenvalue weighted by Crippen LogP contribution is 2.32. The third-order valence-electron chi connectivity index (χ3n) is 2.16. The lowest BCUT2D eigenvalue weighted by Crippen LogP contribution is -2.18. The molecule has 100 valence electrons. The molecule has 0 radical (unpaired) electrons. The van der Waals surface area contributed by atoms with E-state index in [1.165, 1.54) is 17.5 Å². The predicted molar refractivity (Wildman–Crippen MR) is 78.8 cm³/mol. The number of nitrogens with one attached hydrogen (secondary N) is 2. The molecule has 2 heterocycles. The van der Waals surface area contributed by atoms with Gasteiger partial charge in [-0.05, 0) is 37.9 Å². The molecule has 0 aliphatic carbocycles. The van der Waals surface area contributed by atoms with Gasteiger partial charge in [0.1, 0.15) is 5.82 Å². The van der Waals surface area contributed by atoms with Crippen LogP contribution in [0, 0.1) is 0 Å². The summed E-state index contributed by atoms with van der Waals surface area (Å²) < 4.78 is 1.52. The van der Waals surface area contributed by atoms with E-state index in [1.54, 1.807) is 6.07 Å². The first kappa shape index (κ1) is 14.0. The SMILES string of the molecule is N/C(=N/O)c1cn[nH]c1NC(=O)c1cc(Br)sc1Br. The summed E-state index contributed by atoms with van der Waals surface area (Å²) in [4.78, 5) is 12.1. The van der Waals surface area contributed by atoms with Crippen LogP contribution in [0.1, 0.15) is 15.9 Å². The number of aromatic amines is 1. The maximum Gasteiger partial charge on any atom is 0.258 e. The number of thiophene rings is 1. The van der Waals surface area contributed by atoms with Crippen molar-refractivity contribution in [3.63, 3.8) is 0 Å². The summed E-state index contributed by atoms with van der Waals surface area (Å²) in [5.41, 5.74) is 6.24. The minimum Gasteiger partial charge on any atom is -0.409 e. The molecule has 0 atom stereocenters. The van der Waals surface area contributed by atoms with Crippen LogP contribution in [0.25, 0.3) is 0 Å². The summed E-state index contributed by atoms with van der Waals surface area (Å²) >= 11 is 7.97. The van der Waals surface area contributed by atoms with E-state index in [-0.39, 0.29) is 17.6 Å². The highest BCUT2D eigenvalue weighted by molar-refractivity contribution is 9.12. The van der Waals surface area contributed by atoms with E-state index in [0.29, 0.717) is 14.9 Å². The van der Waals surface area contributed by atoms with Crippen LogP contribution in [0.3, 0.4) is 0 Å². The highest BCUT2D eigenvalue weighted by Gasteiger charge is 2.17. The number of aromatic nitrogens is 2. The lowest BCUT2D eigenvalue weighted by Gasteiger charge is -2.03. The lowest BCUT2D eigenvalue weighted by atomic mass is 10.3. The van der Waals surface area contributed by atoms with Crippen LogP contribution in [-0.2, 0) is 0 Å². The summed E-state index contributed by atoms with van der Waals surface area (Å²) in [6, 6.07) is 1.68. The number of halogens is 2. The molecule has 7 nitrogen and oxygen atoms in total. The Hall–Kier alpha value is -1.39. The van der Waals surface area contributed by atoms with Crippen LogP contribution in [0.4, 0.5) is 5.82 Å². The molecule has 2 aromatic rings. The summed E-state index contributed by atoms with van der Waals surface area (Å²) in [5.74, 6) is -0.228. The molecule has 1 amide bonds. The van der Waals surface area contributed by atoms with Gasteiger partial charge < -0.3 is 16.3 Å². The van der Waals surface area contributed by atoms with Gasteiger partial charge in [-0.25, -0.2) is 0 Å². The zero-order valence-corrected chi connectivity index (χ0v) is 13.1. The zero-order valence-electron chi connectivity index (χ0n) is 9.15. The fourth-order valence-electron chi connectivity index (χ4n) is 1.31. The number of hydrogen-bond acceptors (Lipinski definition) is 5. The van der Waals surface area contributed by atoms with Gasteiger partial charge in [0.25, 0.3) is 5.91 Å². The van der Waals surface area contributed by atoms with E-state index in [9.17, 15) is 4.79 Å². The molecule has 0 saturated heterocycles. The molecule has 2 aromatic heterocycles. The summed E-state index contributed by atoms with van der Waals surface area (Å²) in [5, 5.41) is 20.4. The summed E-state index contributed by atoms with van der Waals surface area (Å²) in [7, 11) is 0. The highest BCUT2D eigenvalue weighted by atomic mass is 79.9. The number of H-pyrrole nitrogens is 1. The first-order valence-corrected chi connectivity index (χ1v) is 7.20. The Morgan fingerprint density at radius 2 is 2.26 bits per heavy atom. The van der Waals surface area contributed by atoms with Crippen molar-refractivity contribution in [2.75, 3.05) is 5.32 Å². The van der Waals surface area contributed by atoms with E-state index in [4.69, 9.17) is 10.9 Å². The third kappa shape index (κ3) is 2.96. The van der Waals surface area contributed by atoms with Crippen molar-refractivity contribution >= 4 is 60.8 Å². The quantitative estimate of drug-likeness (QED) is 0.270. The van der Waals surface area contributed by atoms with Gasteiger partial charge in [-0.15, -0.1) is 11.3 Å². The maximum atomic E-state index is 12.1. The molecule has 0 spiro atoms. The fraction of sp³-hybridized carbons (Fsp3) is 0. The Morgan fingerprint density at radius 1 is 1.53 bits per heavy atom. The average molecular weight is 409 g/mol. The number of oxime groups is 1. The number of amides is 1. The molecule has 2 rings (SSSR count). The number of anilines is 1. The van der Waals surface area contributed by atoms with Crippen molar-refractivity contribution < 1.29 is 10.0 Å². The number of carbonyl (C=O) groups excluding carboxylic acids is 1. The van der Waals surface area contributed by atoms with Gasteiger partial charge >= 0.3 is 0 Å². The average Bonchev–Trinajstić information content (AvgIpc) is 2.95. The Labute approximate surface area is 128 Å². The third-order valence-corrected chi connectivity index (χ3v) is 4.50. The van der Waals surface area contributed by atoms with Gasteiger partial charge in [0.15, 0.2) is 5.84 Å². The molecule has 0 unspecified atom stereocenters. The first-order chi connectivity index (χ1) is 9.02. The number of amidine groups is 1. The van der Waals surface area contributed by atoms with E-state index in [0.717, 1.165) is 3.79 Å². The lowest BCUT2D eigenvalue weighted by molar-refractivity contribution is 0.102. The van der Waals surface area contributed by atoms with Crippen LogP contribution in [0.2, 0.25) is 0 Å². The predicted octanol–water partition coefficient (Wildman–Crippen LogP) is 2.34. The number of rotatable bonds is 3. The van der Waals surface area contributed by atoms with Crippen LogP contribution in [-0.4, -0.2) is 27.1 Å². The second kappa shape index (κ2) is 5.72. The number of hydrogen-bond donors (Lipinski definition) is 4. The largest absolute Gasteiger partial charge is 0.409 e. The molecule has 19 heavy (non-hydrogen) atoms. The molecule has 0 aliphatic rings. The monoisotopic (exact) mass is 407 g/mol. The molecular formula is C9H7Br2N5O2S. The van der Waals surface area contributed by atoms with Crippen LogP contribution < -0.4 is 11.1 Å². The zero-order chi connectivity index (χ0) is 14.0. The number of nitrogens with two attached hydrogens (primary N) is 1. The van der Waals surface area contributed by atoms with Gasteiger partial charge in [-0.2, -0.15) is 5.10 Å². The Balaban J connectivity index is 2.25. The molecule has 5 N–H and O–H groups in total. The number of carbonyl (C=O) groups is 1. The van der Waals surface area contributed by atoms with E-state index in [1.807, 2.05) is 0 Å². The Morgan fingerprint density at radius 3 is 2.84 bits per heavy atom. The van der Waals surface area contributed by atoms with E-state index in [2.05, 4.69) is 52.5 Å². The summed E-state index contributed by atoms with van der Waals surface area (Å²) in [6.07, 6.45) is 1.35. The Bertz CT molecular complexity index is 651. The van der Waals surface area contributed by atoms with Crippen molar-refractivity contribution in [2.24, 2.45) is 10.9 Å². The summed E-state index contributed by atoms with van der Waals surface area (Å²) in [6.45, 7) is 0. The smallest absolute Gasteiger partial charge is 0.258 e. The van der Waals surface area contributed by atoms with Gasteiger partial charge in [0.05, 0.1) is 24.9 Å². The van der Waals surface area contributed by atoms with Crippen LogP contribution in [0.5, 0.6) is 0 Å². The topological polar surface area (TPSA) is 116 Å². The van der Waals surface area contributed by atoms with Crippen molar-refractivity contribution in [1.82, 2.24) is 10.2 Å². The van der Waals surface area contributed by atoms with Gasteiger partial charge in [-0.1, -0.05) is 5.16 Å². The van der Waals surface area contributed by atoms with Crippen LogP contribution in [0.15, 0.2) is 25.0 Å². The van der Waals surface area contributed by atoms with Gasteiger partial charge in [0.2, 0.25) is 0 Å². The standard InChI is InChI=1S/C9H7Br2N5O2S/c10-5-1-3(6(11)19-5)9(17)14-8-4(2-13-15-8)7(12)16-18/h1-2,18H,(H2,12,16)(H2,13,14,15,17). The minimum atomic E-state index is -0.343. The molecule has 0 fully saturated rings. The molecular weight excluding hydrogens is 402 g/mol. The van der Waals surface area contributed by atoms with Crippen molar-refractivity contribution in [2.45, 2.75) is 0 Å². The second-order valence-corrected chi connectivity index (χ2v) is 7.09. The molecule has 0 saturated carbocycles. The van der Waals surface area contributed by atoms with Gasteiger partial charge in [-0.3, -0.25) is 9.89 Å². The number of nitrogens with zero attached hydrogens (tertiary/aromatic N) is 2. The van der Waals surface area contributed by atoms with Crippen molar-refractivity contribution in [3.8, 4) is 0 Å². The normalized spacial score (nSPS) is 11.6. The van der Waals surface area contributed by atoms with Crippen molar-refractivity contribution in [1.29, 1.82) is 0 Å². The molecule has 0 aromatic carbocycles. The molecule has 0 bridgehead atoms. The minimum absolute atomic E-state index is 0.144. The maximum absolute atomic E-state index is 12.1. The fourth-order valence-corrected chi connectivity index (χ4v) is 4.10. The first-order valence-electron chi connectivity index (χ1n) is 4.80. The Kier molecular flexibility index (Phi) is 4.22. The van der Waals surface area contributed by atoms with Crippen molar-refractivity contribution in [3.05, 3.63) is 31.0 Å². The van der Waals surface area contributed by atoms with E-state index < -0.39 is 0 Å². The van der Waals surface area contributed by atoms with Gasteiger partial charge in [0, 0.05) is 0 Å².